The molecule has 2 N–H and O–H groups in total. The number of rotatable bonds is 5. The molecule has 0 bridgehead atoms. The Kier molecular flexibility index (Phi) is 7.17. The second-order valence-corrected chi connectivity index (χ2v) is 7.81. The summed E-state index contributed by atoms with van der Waals surface area (Å²) < 4.78 is 26.8. The Morgan fingerprint density at radius 3 is 2.34 bits per heavy atom. The highest BCUT2D eigenvalue weighted by Gasteiger charge is 2.29. The number of halogens is 2. The molecule has 0 unspecified atom stereocenters. The quantitative estimate of drug-likeness (QED) is 0.787. The number of nitrogens with one attached hydrogen (secondary N) is 2. The fourth-order valence-corrected chi connectivity index (χ4v) is 4.02. The summed E-state index contributed by atoms with van der Waals surface area (Å²) in [4.78, 5) is 38.2. The van der Waals surface area contributed by atoms with Gasteiger partial charge in [-0.2, -0.15) is 0 Å². The van der Waals surface area contributed by atoms with Crippen LogP contribution in [-0.4, -0.2) is 48.3 Å². The van der Waals surface area contributed by atoms with E-state index in [1.165, 1.54) is 11.3 Å². The highest BCUT2D eigenvalue weighted by molar-refractivity contribution is 5.94. The van der Waals surface area contributed by atoms with Gasteiger partial charge >= 0.3 is 0 Å². The van der Waals surface area contributed by atoms with E-state index in [-0.39, 0.29) is 35.9 Å². The summed E-state index contributed by atoms with van der Waals surface area (Å²) in [6, 6.07) is 3.08. The van der Waals surface area contributed by atoms with Crippen molar-refractivity contribution in [3.05, 3.63) is 35.4 Å². The van der Waals surface area contributed by atoms with Crippen LogP contribution in [0.2, 0.25) is 0 Å². The molecule has 1 saturated heterocycles. The summed E-state index contributed by atoms with van der Waals surface area (Å²) in [7, 11) is 0. The number of nitrogens with zero attached hydrogens (tertiary/aromatic N) is 1. The van der Waals surface area contributed by atoms with Crippen LogP contribution in [0.25, 0.3) is 0 Å². The number of benzene rings is 1. The van der Waals surface area contributed by atoms with Gasteiger partial charge in [0.05, 0.1) is 12.1 Å². The predicted molar refractivity (Wildman–Crippen MR) is 103 cm³/mol. The van der Waals surface area contributed by atoms with Gasteiger partial charge in [-0.3, -0.25) is 14.4 Å². The van der Waals surface area contributed by atoms with E-state index in [9.17, 15) is 23.2 Å². The van der Waals surface area contributed by atoms with Crippen molar-refractivity contribution in [2.24, 2.45) is 5.92 Å². The molecule has 0 aromatic heterocycles. The minimum Gasteiger partial charge on any atom is -0.352 e. The minimum atomic E-state index is -0.890. The molecule has 0 radical (unpaired) electrons. The van der Waals surface area contributed by atoms with Crippen molar-refractivity contribution in [3.8, 4) is 0 Å². The Morgan fingerprint density at radius 1 is 1.00 bits per heavy atom. The Hall–Kier alpha value is -2.51. The number of hydrogen-bond donors (Lipinski definition) is 2. The van der Waals surface area contributed by atoms with Crippen molar-refractivity contribution in [1.82, 2.24) is 15.5 Å². The molecule has 158 valence electrons. The normalized spacial score (nSPS) is 18.3. The molecule has 2 fully saturated rings. The summed E-state index contributed by atoms with van der Waals surface area (Å²) in [5.41, 5.74) is -0.173. The summed E-state index contributed by atoms with van der Waals surface area (Å²) in [5, 5.41) is 5.63. The van der Waals surface area contributed by atoms with Crippen LogP contribution in [0.4, 0.5) is 8.78 Å². The van der Waals surface area contributed by atoms with E-state index in [1.54, 1.807) is 0 Å². The lowest BCUT2D eigenvalue weighted by molar-refractivity contribution is -0.129. The first-order valence-electron chi connectivity index (χ1n) is 10.3. The van der Waals surface area contributed by atoms with Gasteiger partial charge in [0.25, 0.3) is 5.91 Å². The van der Waals surface area contributed by atoms with Gasteiger partial charge in [-0.15, -0.1) is 0 Å². The van der Waals surface area contributed by atoms with Crippen molar-refractivity contribution in [3.63, 3.8) is 0 Å². The number of amides is 3. The van der Waals surface area contributed by atoms with Gasteiger partial charge < -0.3 is 15.5 Å². The van der Waals surface area contributed by atoms with Gasteiger partial charge in [0.15, 0.2) is 0 Å². The maximum Gasteiger partial charge on any atom is 0.256 e. The molecule has 1 heterocycles. The van der Waals surface area contributed by atoms with E-state index in [2.05, 4.69) is 10.6 Å². The third-order valence-electron chi connectivity index (χ3n) is 5.71. The Bertz CT molecular complexity index is 758. The van der Waals surface area contributed by atoms with Crippen LogP contribution in [0.15, 0.2) is 18.2 Å². The van der Waals surface area contributed by atoms with Gasteiger partial charge in [0.2, 0.25) is 11.8 Å². The standard InChI is InChI=1S/C21H27F2N3O3/c22-15-6-7-17(18(23)12-15)21(29)26-10-8-14(9-11-26)20(28)24-13-19(27)25-16-4-2-1-3-5-16/h6-7,12,14,16H,1-5,8-11,13H2,(H,24,28)(H,25,27). The first-order chi connectivity index (χ1) is 13.9. The molecule has 3 amide bonds. The smallest absolute Gasteiger partial charge is 0.256 e. The van der Waals surface area contributed by atoms with Crippen molar-refractivity contribution >= 4 is 17.7 Å². The molecule has 0 spiro atoms. The van der Waals surface area contributed by atoms with Crippen LogP contribution in [0.5, 0.6) is 0 Å². The van der Waals surface area contributed by atoms with Gasteiger partial charge in [0, 0.05) is 31.1 Å². The molecule has 1 aromatic rings. The van der Waals surface area contributed by atoms with E-state index in [0.29, 0.717) is 32.0 Å². The SMILES string of the molecule is O=C(CNC(=O)C1CCN(C(=O)c2ccc(F)cc2F)CC1)NC1CCCCC1. The third-order valence-corrected chi connectivity index (χ3v) is 5.71. The maximum absolute atomic E-state index is 13.8. The van der Waals surface area contributed by atoms with Crippen LogP contribution >= 0.6 is 0 Å². The van der Waals surface area contributed by atoms with E-state index in [1.807, 2.05) is 0 Å². The van der Waals surface area contributed by atoms with E-state index in [4.69, 9.17) is 0 Å². The molecule has 3 rings (SSSR count). The lowest BCUT2D eigenvalue weighted by atomic mass is 9.95. The average molecular weight is 407 g/mol. The van der Waals surface area contributed by atoms with Gasteiger partial charge in [-0.1, -0.05) is 19.3 Å². The molecule has 6 nitrogen and oxygen atoms in total. The fraction of sp³-hybridized carbons (Fsp3) is 0.571. The van der Waals surface area contributed by atoms with Crippen LogP contribution in [0.3, 0.4) is 0 Å². The van der Waals surface area contributed by atoms with Crippen LogP contribution < -0.4 is 10.6 Å². The van der Waals surface area contributed by atoms with Gasteiger partial charge in [-0.05, 0) is 37.8 Å². The summed E-state index contributed by atoms with van der Waals surface area (Å²) >= 11 is 0. The van der Waals surface area contributed by atoms with E-state index in [0.717, 1.165) is 37.8 Å². The summed E-state index contributed by atoms with van der Waals surface area (Å²) in [6.45, 7) is 0.569. The van der Waals surface area contributed by atoms with Crippen molar-refractivity contribution < 1.29 is 23.2 Å². The first-order valence-corrected chi connectivity index (χ1v) is 10.3. The number of carbonyl (C=O) groups excluding carboxylic acids is 3. The molecule has 2 aliphatic rings. The zero-order chi connectivity index (χ0) is 20.8. The predicted octanol–water partition coefficient (Wildman–Crippen LogP) is 2.38. The minimum absolute atomic E-state index is 0.0464. The van der Waals surface area contributed by atoms with Crippen LogP contribution in [0, 0.1) is 17.6 Å². The molecule has 1 aliphatic heterocycles. The molecule has 1 aliphatic carbocycles. The number of hydrogen-bond acceptors (Lipinski definition) is 3. The third kappa shape index (κ3) is 5.74. The van der Waals surface area contributed by atoms with Crippen molar-refractivity contribution in [2.75, 3.05) is 19.6 Å². The Labute approximate surface area is 169 Å². The zero-order valence-corrected chi connectivity index (χ0v) is 16.4. The number of carbonyl (C=O) groups is 3. The number of likely N-dealkylation sites (tertiary alicyclic amines) is 1. The summed E-state index contributed by atoms with van der Waals surface area (Å²) in [5.74, 6) is -2.80. The fourth-order valence-electron chi connectivity index (χ4n) is 4.02. The van der Waals surface area contributed by atoms with Crippen LogP contribution in [0.1, 0.15) is 55.3 Å². The van der Waals surface area contributed by atoms with Crippen LogP contribution in [-0.2, 0) is 9.59 Å². The summed E-state index contributed by atoms with van der Waals surface area (Å²) in [6.07, 6.45) is 6.29. The zero-order valence-electron chi connectivity index (χ0n) is 16.4. The average Bonchev–Trinajstić information content (AvgIpc) is 2.72. The maximum atomic E-state index is 13.8. The second kappa shape index (κ2) is 9.80. The van der Waals surface area contributed by atoms with E-state index < -0.39 is 17.5 Å². The van der Waals surface area contributed by atoms with Crippen molar-refractivity contribution in [1.29, 1.82) is 0 Å². The largest absolute Gasteiger partial charge is 0.352 e. The highest BCUT2D eigenvalue weighted by atomic mass is 19.1. The Morgan fingerprint density at radius 2 is 1.69 bits per heavy atom. The Balaban J connectivity index is 1.42. The van der Waals surface area contributed by atoms with Crippen molar-refractivity contribution in [2.45, 2.75) is 51.0 Å². The van der Waals surface area contributed by atoms with E-state index >= 15 is 0 Å². The monoisotopic (exact) mass is 407 g/mol. The topological polar surface area (TPSA) is 78.5 Å². The molecular formula is C21H27F2N3O3. The molecule has 0 atom stereocenters. The lowest BCUT2D eigenvalue weighted by Crippen LogP contribution is -2.46. The van der Waals surface area contributed by atoms with Gasteiger partial charge in [-0.25, -0.2) is 8.78 Å². The second-order valence-electron chi connectivity index (χ2n) is 7.81. The number of piperidine rings is 1. The molecule has 1 saturated carbocycles. The molecule has 29 heavy (non-hydrogen) atoms. The highest BCUT2D eigenvalue weighted by Crippen LogP contribution is 2.21. The molecule has 1 aromatic carbocycles. The van der Waals surface area contributed by atoms with Gasteiger partial charge in [0.1, 0.15) is 11.6 Å². The molecule has 8 heteroatoms. The first kappa shape index (κ1) is 21.2. The molecular weight excluding hydrogens is 380 g/mol. The lowest BCUT2D eigenvalue weighted by Gasteiger charge is -2.31.